The molecule has 0 spiro atoms. The van der Waals surface area contributed by atoms with E-state index in [4.69, 9.17) is 0 Å². The Morgan fingerprint density at radius 1 is 1.24 bits per heavy atom. The van der Waals surface area contributed by atoms with Crippen molar-refractivity contribution in [2.75, 3.05) is 27.2 Å². The monoisotopic (exact) mass is 287 g/mol. The van der Waals surface area contributed by atoms with E-state index < -0.39 is 0 Å². The summed E-state index contributed by atoms with van der Waals surface area (Å²) in [6.07, 6.45) is 0. The molecular weight excluding hydrogens is 266 g/mol. The molecule has 112 valence electrons. The van der Waals surface area contributed by atoms with Gasteiger partial charge in [-0.1, -0.05) is 12.1 Å². The number of rotatable bonds is 4. The first-order chi connectivity index (χ1) is 10.0. The number of likely N-dealkylation sites (N-methyl/N-ethyl adjacent to an activating group) is 1. The van der Waals surface area contributed by atoms with Gasteiger partial charge >= 0.3 is 0 Å². The predicted molar refractivity (Wildman–Crippen MR) is 81.9 cm³/mol. The molecule has 2 N–H and O–H groups in total. The van der Waals surface area contributed by atoms with Crippen LogP contribution in [0.4, 0.5) is 0 Å². The van der Waals surface area contributed by atoms with Gasteiger partial charge in [0.25, 0.3) is 5.91 Å². The number of hydrogen-bond donors (Lipinski definition) is 2. The molecule has 0 unspecified atom stereocenters. The number of benzene rings is 1. The Hall–Kier alpha value is -2.14. The van der Waals surface area contributed by atoms with Gasteiger partial charge in [-0.2, -0.15) is 0 Å². The van der Waals surface area contributed by atoms with E-state index in [0.717, 1.165) is 24.2 Å². The third-order valence-corrected chi connectivity index (χ3v) is 3.74. The van der Waals surface area contributed by atoms with Gasteiger partial charge in [0.15, 0.2) is 0 Å². The Labute approximate surface area is 125 Å². The van der Waals surface area contributed by atoms with E-state index in [2.05, 4.69) is 10.6 Å². The van der Waals surface area contributed by atoms with Crippen molar-refractivity contribution in [3.8, 4) is 0 Å². The predicted octanol–water partition coefficient (Wildman–Crippen LogP) is 0.924. The molecule has 0 bridgehead atoms. The second kappa shape index (κ2) is 6.54. The van der Waals surface area contributed by atoms with Crippen molar-refractivity contribution in [1.29, 1.82) is 0 Å². The molecule has 0 radical (unpaired) electrons. The summed E-state index contributed by atoms with van der Waals surface area (Å²) in [5.41, 5.74) is 3.64. The number of nitrogens with one attached hydrogen (secondary N) is 2. The van der Waals surface area contributed by atoms with E-state index >= 15 is 0 Å². The maximum absolute atomic E-state index is 12.3. The molecule has 0 saturated carbocycles. The standard InChI is InChI=1S/C16H21N3O2/c1-11(14-8-18-9-14)16(21)19(3)10-12-4-6-13(7-5-12)15(20)17-2/h4-7,18H,8-10H2,1-3H3,(H,17,20). The summed E-state index contributed by atoms with van der Waals surface area (Å²) in [5.74, 6) is -0.0501. The Balaban J connectivity index is 2.00. The van der Waals surface area contributed by atoms with Crippen molar-refractivity contribution in [2.45, 2.75) is 13.5 Å². The van der Waals surface area contributed by atoms with Gasteiger partial charge in [-0.25, -0.2) is 0 Å². The molecule has 1 heterocycles. The van der Waals surface area contributed by atoms with Crippen LogP contribution >= 0.6 is 0 Å². The van der Waals surface area contributed by atoms with Crippen molar-refractivity contribution < 1.29 is 9.59 Å². The molecule has 0 aliphatic carbocycles. The van der Waals surface area contributed by atoms with Crippen LogP contribution in [0.3, 0.4) is 0 Å². The molecule has 5 heteroatoms. The van der Waals surface area contributed by atoms with Crippen LogP contribution < -0.4 is 10.6 Å². The Morgan fingerprint density at radius 2 is 1.86 bits per heavy atom. The zero-order chi connectivity index (χ0) is 15.4. The van der Waals surface area contributed by atoms with E-state index in [0.29, 0.717) is 12.1 Å². The number of nitrogens with zero attached hydrogens (tertiary/aromatic N) is 1. The molecule has 2 amide bonds. The van der Waals surface area contributed by atoms with Crippen molar-refractivity contribution in [1.82, 2.24) is 15.5 Å². The Bertz CT molecular complexity index is 570. The van der Waals surface area contributed by atoms with Gasteiger partial charge in [0, 0.05) is 44.9 Å². The molecule has 1 aromatic rings. The highest BCUT2D eigenvalue weighted by Crippen LogP contribution is 2.13. The number of amides is 2. The molecule has 1 saturated heterocycles. The lowest BCUT2D eigenvalue weighted by atomic mass is 10.0. The van der Waals surface area contributed by atoms with Crippen LogP contribution in [0.15, 0.2) is 35.4 Å². The van der Waals surface area contributed by atoms with Crippen LogP contribution in [-0.4, -0.2) is 43.9 Å². The zero-order valence-electron chi connectivity index (χ0n) is 12.7. The second-order valence-corrected chi connectivity index (χ2v) is 5.27. The summed E-state index contributed by atoms with van der Waals surface area (Å²) in [6, 6.07) is 7.30. The van der Waals surface area contributed by atoms with Gasteiger partial charge < -0.3 is 15.5 Å². The van der Waals surface area contributed by atoms with Crippen molar-refractivity contribution >= 4 is 11.8 Å². The fourth-order valence-corrected chi connectivity index (χ4v) is 2.20. The highest BCUT2D eigenvalue weighted by Gasteiger charge is 2.19. The first-order valence-corrected chi connectivity index (χ1v) is 6.98. The van der Waals surface area contributed by atoms with Gasteiger partial charge in [0.1, 0.15) is 0 Å². The molecule has 2 rings (SSSR count). The first kappa shape index (κ1) is 15.3. The highest BCUT2D eigenvalue weighted by molar-refractivity contribution is 5.94. The van der Waals surface area contributed by atoms with Gasteiger partial charge in [0.05, 0.1) is 0 Å². The third-order valence-electron chi connectivity index (χ3n) is 3.74. The Kier molecular flexibility index (Phi) is 4.75. The first-order valence-electron chi connectivity index (χ1n) is 6.98. The van der Waals surface area contributed by atoms with Gasteiger partial charge in [-0.3, -0.25) is 9.59 Å². The van der Waals surface area contributed by atoms with Crippen LogP contribution in [-0.2, 0) is 11.3 Å². The second-order valence-electron chi connectivity index (χ2n) is 5.27. The highest BCUT2D eigenvalue weighted by atomic mass is 16.2. The van der Waals surface area contributed by atoms with E-state index in [1.54, 1.807) is 31.1 Å². The minimum absolute atomic E-state index is 0.0573. The van der Waals surface area contributed by atoms with E-state index in [9.17, 15) is 9.59 Å². The van der Waals surface area contributed by atoms with Gasteiger partial charge in [-0.05, 0) is 30.2 Å². The molecule has 1 aliphatic heterocycles. The maximum atomic E-state index is 12.3. The lowest BCUT2D eigenvalue weighted by Gasteiger charge is -2.24. The van der Waals surface area contributed by atoms with E-state index in [-0.39, 0.29) is 11.8 Å². The lowest BCUT2D eigenvalue weighted by Crippen LogP contribution is -2.38. The molecular formula is C16H21N3O2. The minimum atomic E-state index is -0.107. The fourth-order valence-electron chi connectivity index (χ4n) is 2.20. The Morgan fingerprint density at radius 3 is 2.33 bits per heavy atom. The molecule has 1 fully saturated rings. The number of hydrogen-bond acceptors (Lipinski definition) is 3. The molecule has 0 atom stereocenters. The molecule has 1 aliphatic rings. The van der Waals surface area contributed by atoms with Gasteiger partial charge in [-0.15, -0.1) is 0 Å². The summed E-state index contributed by atoms with van der Waals surface area (Å²) in [6.45, 7) is 4.03. The fraction of sp³-hybridized carbons (Fsp3) is 0.375. The molecule has 0 aromatic heterocycles. The minimum Gasteiger partial charge on any atom is -0.355 e. The van der Waals surface area contributed by atoms with Crippen LogP contribution in [0.1, 0.15) is 22.8 Å². The number of carbonyl (C=O) groups is 2. The summed E-state index contributed by atoms with van der Waals surface area (Å²) < 4.78 is 0. The van der Waals surface area contributed by atoms with Crippen molar-refractivity contribution in [3.05, 3.63) is 46.5 Å². The topological polar surface area (TPSA) is 61.4 Å². The molecule has 1 aromatic carbocycles. The summed E-state index contributed by atoms with van der Waals surface area (Å²) in [4.78, 5) is 25.5. The quantitative estimate of drug-likeness (QED) is 0.810. The van der Waals surface area contributed by atoms with Crippen LogP contribution in [0.5, 0.6) is 0 Å². The smallest absolute Gasteiger partial charge is 0.251 e. The summed E-state index contributed by atoms with van der Waals surface area (Å²) >= 11 is 0. The van der Waals surface area contributed by atoms with E-state index in [1.807, 2.05) is 19.1 Å². The zero-order valence-corrected chi connectivity index (χ0v) is 12.7. The maximum Gasteiger partial charge on any atom is 0.251 e. The van der Waals surface area contributed by atoms with Gasteiger partial charge in [0.2, 0.25) is 5.91 Å². The average molecular weight is 287 g/mol. The number of carbonyl (C=O) groups excluding carboxylic acids is 2. The van der Waals surface area contributed by atoms with Crippen LogP contribution in [0.25, 0.3) is 0 Å². The van der Waals surface area contributed by atoms with Crippen LogP contribution in [0, 0.1) is 0 Å². The van der Waals surface area contributed by atoms with Crippen molar-refractivity contribution in [2.24, 2.45) is 0 Å². The lowest BCUT2D eigenvalue weighted by molar-refractivity contribution is -0.126. The van der Waals surface area contributed by atoms with Crippen LogP contribution in [0.2, 0.25) is 0 Å². The average Bonchev–Trinajstić information content (AvgIpc) is 2.44. The molecule has 5 nitrogen and oxygen atoms in total. The third kappa shape index (κ3) is 3.49. The summed E-state index contributed by atoms with van der Waals surface area (Å²) in [7, 11) is 3.40. The SMILES string of the molecule is CNC(=O)c1ccc(CN(C)C(=O)C(C)=C2CNC2)cc1. The van der Waals surface area contributed by atoms with Crippen molar-refractivity contribution in [3.63, 3.8) is 0 Å². The largest absolute Gasteiger partial charge is 0.355 e. The summed E-state index contributed by atoms with van der Waals surface area (Å²) in [5, 5.41) is 5.73. The normalized spacial score (nSPS) is 13.4. The molecule has 21 heavy (non-hydrogen) atoms. The van der Waals surface area contributed by atoms with E-state index in [1.165, 1.54) is 5.57 Å².